The number of rotatable bonds is 12. The lowest BCUT2D eigenvalue weighted by Crippen LogP contribution is -2.33. The Morgan fingerprint density at radius 3 is 2.35 bits per heavy atom. The molecule has 0 spiro atoms. The second-order valence-electron chi connectivity index (χ2n) is 8.33. The summed E-state index contributed by atoms with van der Waals surface area (Å²) in [6, 6.07) is 5.26. The minimum atomic E-state index is -4.09. The summed E-state index contributed by atoms with van der Waals surface area (Å²) in [5.74, 6) is 1.50. The van der Waals surface area contributed by atoms with Gasteiger partial charge in [0, 0.05) is 32.0 Å². The highest BCUT2D eigenvalue weighted by Crippen LogP contribution is 2.46. The molecule has 3 aromatic rings. The van der Waals surface area contributed by atoms with Crippen molar-refractivity contribution in [3.63, 3.8) is 0 Å². The molecule has 2 aromatic heterocycles. The van der Waals surface area contributed by atoms with Crippen molar-refractivity contribution >= 4 is 27.6 Å². The lowest BCUT2D eigenvalue weighted by atomic mass is 10.2. The summed E-state index contributed by atoms with van der Waals surface area (Å²) in [4.78, 5) is 8.25. The predicted molar refractivity (Wildman–Crippen MR) is 136 cm³/mol. The first-order valence-electron chi connectivity index (χ1n) is 11.6. The zero-order valence-corrected chi connectivity index (χ0v) is 22.7. The van der Waals surface area contributed by atoms with Gasteiger partial charge in [0.05, 0.1) is 25.3 Å². The van der Waals surface area contributed by atoms with Gasteiger partial charge in [-0.2, -0.15) is 0 Å². The van der Waals surface area contributed by atoms with E-state index >= 15 is 0 Å². The molecular formula is C23H29ClN6O6S. The SMILES string of the molecule is CCO[C@H]1C[C@@H]1c1nnc(NS(=O)(=O)C(C)C(OC)c2ncc(Cl)cn2)n1-c1c(OC)cccc1OC. The molecule has 2 heterocycles. The number of hydrogen-bond donors (Lipinski definition) is 1. The molecule has 1 N–H and O–H groups in total. The van der Waals surface area contributed by atoms with Gasteiger partial charge < -0.3 is 18.9 Å². The largest absolute Gasteiger partial charge is 0.494 e. The minimum absolute atomic E-state index is 0.0290. The Labute approximate surface area is 220 Å². The van der Waals surface area contributed by atoms with Crippen LogP contribution < -0.4 is 14.2 Å². The number of methoxy groups -OCH3 is 3. The van der Waals surface area contributed by atoms with Gasteiger partial charge in [-0.25, -0.2) is 18.4 Å². The summed E-state index contributed by atoms with van der Waals surface area (Å²) in [7, 11) is 0.327. The molecule has 200 valence electrons. The van der Waals surface area contributed by atoms with Gasteiger partial charge in [0.25, 0.3) is 0 Å². The van der Waals surface area contributed by atoms with Crippen LogP contribution in [0.3, 0.4) is 0 Å². The Balaban J connectivity index is 1.76. The topological polar surface area (TPSA) is 140 Å². The van der Waals surface area contributed by atoms with Crippen molar-refractivity contribution in [3.8, 4) is 17.2 Å². The quantitative estimate of drug-likeness (QED) is 0.356. The van der Waals surface area contributed by atoms with Crippen molar-refractivity contribution in [2.24, 2.45) is 0 Å². The number of sulfonamides is 1. The Kier molecular flexibility index (Phi) is 8.17. The van der Waals surface area contributed by atoms with Gasteiger partial charge in [0.2, 0.25) is 16.0 Å². The summed E-state index contributed by atoms with van der Waals surface area (Å²) in [6.45, 7) is 3.96. The lowest BCUT2D eigenvalue weighted by molar-refractivity contribution is 0.0950. The van der Waals surface area contributed by atoms with Crippen molar-refractivity contribution in [2.45, 2.75) is 43.6 Å². The number of nitrogens with one attached hydrogen (secondary N) is 1. The molecule has 0 radical (unpaired) electrons. The van der Waals surface area contributed by atoms with Crippen LogP contribution in [-0.4, -0.2) is 72.4 Å². The molecule has 1 fully saturated rings. The van der Waals surface area contributed by atoms with Crippen molar-refractivity contribution < 1.29 is 27.4 Å². The molecule has 14 heteroatoms. The van der Waals surface area contributed by atoms with Crippen molar-refractivity contribution in [2.75, 3.05) is 32.7 Å². The Morgan fingerprint density at radius 1 is 1.14 bits per heavy atom. The third-order valence-corrected chi connectivity index (χ3v) is 7.94. The van der Waals surface area contributed by atoms with E-state index in [0.29, 0.717) is 34.6 Å². The van der Waals surface area contributed by atoms with E-state index in [4.69, 9.17) is 30.5 Å². The van der Waals surface area contributed by atoms with E-state index in [0.717, 1.165) is 6.42 Å². The van der Waals surface area contributed by atoms with Crippen LogP contribution in [0.1, 0.15) is 43.9 Å². The van der Waals surface area contributed by atoms with E-state index in [-0.39, 0.29) is 23.8 Å². The first-order chi connectivity index (χ1) is 17.7. The van der Waals surface area contributed by atoms with E-state index in [9.17, 15) is 8.42 Å². The fourth-order valence-electron chi connectivity index (χ4n) is 4.08. The normalized spacial score (nSPS) is 18.8. The summed E-state index contributed by atoms with van der Waals surface area (Å²) < 4.78 is 53.7. The van der Waals surface area contributed by atoms with Gasteiger partial charge in [-0.15, -0.1) is 10.2 Å². The third-order valence-electron chi connectivity index (χ3n) is 6.06. The van der Waals surface area contributed by atoms with Crippen LogP contribution in [0.5, 0.6) is 11.5 Å². The van der Waals surface area contributed by atoms with Crippen LogP contribution in [0, 0.1) is 0 Å². The van der Waals surface area contributed by atoms with E-state index in [1.54, 1.807) is 22.8 Å². The van der Waals surface area contributed by atoms with Crippen LogP contribution in [0.2, 0.25) is 5.02 Å². The number of benzene rings is 1. The second kappa shape index (κ2) is 11.2. The van der Waals surface area contributed by atoms with Crippen LogP contribution in [0.25, 0.3) is 5.69 Å². The van der Waals surface area contributed by atoms with Crippen molar-refractivity contribution in [1.82, 2.24) is 24.7 Å². The monoisotopic (exact) mass is 552 g/mol. The fraction of sp³-hybridized carbons (Fsp3) is 0.478. The molecule has 0 aliphatic heterocycles. The zero-order chi connectivity index (χ0) is 26.7. The smallest absolute Gasteiger partial charge is 0.243 e. The van der Waals surface area contributed by atoms with E-state index < -0.39 is 21.4 Å². The van der Waals surface area contributed by atoms with Gasteiger partial charge in [0.15, 0.2) is 5.82 Å². The summed E-state index contributed by atoms with van der Waals surface area (Å²) in [6.07, 6.45) is 2.47. The Bertz CT molecular complexity index is 1310. The van der Waals surface area contributed by atoms with Crippen LogP contribution >= 0.6 is 11.6 Å². The molecule has 12 nitrogen and oxygen atoms in total. The van der Waals surface area contributed by atoms with E-state index in [1.165, 1.54) is 40.6 Å². The van der Waals surface area contributed by atoms with E-state index in [1.807, 2.05) is 6.92 Å². The number of halogens is 1. The molecule has 1 saturated carbocycles. The molecule has 0 amide bonds. The standard InChI is InChI=1S/C23H29ClN6O6S/c1-6-36-18-10-15(18)22-27-28-23(30(22)19-16(33-3)8-7-9-17(19)34-4)29-37(31,32)13(2)20(35-5)21-25-11-14(24)12-26-21/h7-9,11-13,15,18,20H,6,10H2,1-5H3,(H,28,29)/t13?,15-,18-,20?/m0/s1. The number of nitrogens with zero attached hydrogens (tertiary/aromatic N) is 5. The van der Waals surface area contributed by atoms with Crippen LogP contribution in [0.15, 0.2) is 30.6 Å². The molecule has 1 aliphatic carbocycles. The number of hydrogen-bond acceptors (Lipinski definition) is 10. The molecule has 0 bridgehead atoms. The average molecular weight is 553 g/mol. The van der Waals surface area contributed by atoms with Gasteiger partial charge in [0.1, 0.15) is 34.4 Å². The van der Waals surface area contributed by atoms with Gasteiger partial charge in [-0.05, 0) is 32.4 Å². The molecule has 37 heavy (non-hydrogen) atoms. The fourth-order valence-corrected chi connectivity index (χ4v) is 5.30. The summed E-state index contributed by atoms with van der Waals surface area (Å²) in [5, 5.41) is 7.76. The molecule has 0 saturated heterocycles. The van der Waals surface area contributed by atoms with Crippen LogP contribution in [-0.2, 0) is 19.5 Å². The number of ether oxygens (including phenoxy) is 4. The Morgan fingerprint density at radius 2 is 1.78 bits per heavy atom. The zero-order valence-electron chi connectivity index (χ0n) is 21.1. The van der Waals surface area contributed by atoms with Crippen LogP contribution in [0.4, 0.5) is 5.95 Å². The molecule has 4 rings (SSSR count). The number of para-hydroxylation sites is 1. The summed E-state index contributed by atoms with van der Waals surface area (Å²) in [5.41, 5.74) is 0.462. The summed E-state index contributed by atoms with van der Waals surface area (Å²) >= 11 is 5.88. The van der Waals surface area contributed by atoms with Crippen molar-refractivity contribution in [3.05, 3.63) is 47.3 Å². The highest BCUT2D eigenvalue weighted by molar-refractivity contribution is 7.93. The van der Waals surface area contributed by atoms with Gasteiger partial charge in [-0.3, -0.25) is 9.29 Å². The van der Waals surface area contributed by atoms with E-state index in [2.05, 4.69) is 24.9 Å². The Hall–Kier alpha value is -3.00. The lowest BCUT2D eigenvalue weighted by Gasteiger charge is -2.23. The van der Waals surface area contributed by atoms with Crippen molar-refractivity contribution in [1.29, 1.82) is 0 Å². The second-order valence-corrected chi connectivity index (χ2v) is 10.8. The molecule has 1 aromatic carbocycles. The molecule has 4 atom stereocenters. The number of anilines is 1. The minimum Gasteiger partial charge on any atom is -0.494 e. The maximum absolute atomic E-state index is 13.6. The van der Waals surface area contributed by atoms with Gasteiger partial charge in [-0.1, -0.05) is 17.7 Å². The highest BCUT2D eigenvalue weighted by atomic mass is 35.5. The third kappa shape index (κ3) is 5.49. The average Bonchev–Trinajstić information content (AvgIpc) is 3.54. The molecule has 1 aliphatic rings. The predicted octanol–water partition coefficient (Wildman–Crippen LogP) is 3.14. The number of aromatic nitrogens is 5. The first kappa shape index (κ1) is 27.0. The van der Waals surface area contributed by atoms with Gasteiger partial charge >= 0.3 is 0 Å². The molecule has 2 unspecified atom stereocenters. The molecular weight excluding hydrogens is 524 g/mol. The highest BCUT2D eigenvalue weighted by Gasteiger charge is 2.45. The first-order valence-corrected chi connectivity index (χ1v) is 13.5. The maximum atomic E-state index is 13.6. The maximum Gasteiger partial charge on any atom is 0.243 e.